The maximum absolute atomic E-state index is 11.4. The summed E-state index contributed by atoms with van der Waals surface area (Å²) in [5, 5.41) is 23.0. The van der Waals surface area contributed by atoms with Crippen LogP contribution < -0.4 is 5.32 Å². The van der Waals surface area contributed by atoms with Crippen LogP contribution in [-0.4, -0.2) is 79.9 Å². The van der Waals surface area contributed by atoms with E-state index >= 15 is 0 Å². The second-order valence-electron chi connectivity index (χ2n) is 6.56. The number of hydrogen-bond acceptors (Lipinski definition) is 10. The summed E-state index contributed by atoms with van der Waals surface area (Å²) in [4.78, 5) is 24.3. The first-order valence-corrected chi connectivity index (χ1v) is 8.72. The number of ether oxygens (including phenoxy) is 3. The molecule has 2 aromatic heterocycles. The summed E-state index contributed by atoms with van der Waals surface area (Å²) in [5.41, 5.74) is 0.982. The quantitative estimate of drug-likeness (QED) is 0.566. The molecule has 2 fully saturated rings. The van der Waals surface area contributed by atoms with Crippen LogP contribution in [0.2, 0.25) is 0 Å². The van der Waals surface area contributed by atoms with Gasteiger partial charge in [0.25, 0.3) is 0 Å². The molecule has 11 nitrogen and oxygen atoms in total. The van der Waals surface area contributed by atoms with Crippen molar-refractivity contribution in [3.8, 4) is 0 Å². The highest BCUT2D eigenvalue weighted by Gasteiger charge is 2.47. The molecule has 4 heterocycles. The number of aromatic nitrogens is 4. The first kappa shape index (κ1) is 18.0. The zero-order valence-electron chi connectivity index (χ0n) is 14.7. The topological polar surface area (TPSA) is 141 Å². The molecular weight excluding hydrogens is 358 g/mol. The number of fused-ring (bicyclic) bond motifs is 1. The van der Waals surface area contributed by atoms with Gasteiger partial charge in [-0.2, -0.15) is 0 Å². The van der Waals surface area contributed by atoms with Gasteiger partial charge in [-0.3, -0.25) is 9.36 Å². The normalized spacial score (nSPS) is 30.7. The van der Waals surface area contributed by atoms with E-state index in [2.05, 4.69) is 20.3 Å². The highest BCUT2D eigenvalue weighted by Crippen LogP contribution is 2.34. The molecule has 3 N–H and O–H groups in total. The fraction of sp³-hybridized carbons (Fsp3) is 0.625. The predicted molar refractivity (Wildman–Crippen MR) is 90.7 cm³/mol. The molecule has 5 atom stereocenters. The van der Waals surface area contributed by atoms with Gasteiger partial charge in [0, 0.05) is 13.5 Å². The highest BCUT2D eigenvalue weighted by atomic mass is 16.6. The first-order valence-electron chi connectivity index (χ1n) is 8.72. The Hall–Kier alpha value is -2.34. The Morgan fingerprint density at radius 1 is 1.44 bits per heavy atom. The number of nitrogens with zero attached hydrogens (tertiary/aromatic N) is 4. The monoisotopic (exact) mass is 379 g/mol. The minimum Gasteiger partial charge on any atom is -0.455 e. The van der Waals surface area contributed by atoms with Crippen molar-refractivity contribution in [1.82, 2.24) is 19.5 Å². The Kier molecular flexibility index (Phi) is 4.91. The number of esters is 1. The lowest BCUT2D eigenvalue weighted by Crippen LogP contribution is -2.36. The predicted octanol–water partition coefficient (Wildman–Crippen LogP) is -0.791. The van der Waals surface area contributed by atoms with Crippen LogP contribution in [0, 0.1) is 0 Å². The fourth-order valence-corrected chi connectivity index (χ4v) is 3.40. The van der Waals surface area contributed by atoms with Crippen molar-refractivity contribution in [2.75, 3.05) is 25.1 Å². The number of nitrogens with one attached hydrogen (secondary N) is 1. The summed E-state index contributed by atoms with van der Waals surface area (Å²) in [5.74, 6) is 0.00409. The number of carbonyl (C=O) groups is 1. The van der Waals surface area contributed by atoms with E-state index in [-0.39, 0.29) is 6.04 Å². The van der Waals surface area contributed by atoms with Crippen LogP contribution in [-0.2, 0) is 19.0 Å². The Labute approximate surface area is 154 Å². The summed E-state index contributed by atoms with van der Waals surface area (Å²) >= 11 is 0. The number of carbonyl (C=O) groups excluding carboxylic acids is 1. The molecule has 0 aromatic carbocycles. The second kappa shape index (κ2) is 7.35. The van der Waals surface area contributed by atoms with Crippen LogP contribution >= 0.6 is 0 Å². The molecule has 2 saturated heterocycles. The Morgan fingerprint density at radius 2 is 2.30 bits per heavy atom. The number of imidazole rings is 1. The van der Waals surface area contributed by atoms with E-state index < -0.39 is 37.1 Å². The lowest BCUT2D eigenvalue weighted by atomic mass is 10.1. The molecule has 2 aliphatic rings. The zero-order chi connectivity index (χ0) is 19.0. The number of aliphatic hydroxyl groups is 2. The molecule has 2 aliphatic heterocycles. The van der Waals surface area contributed by atoms with E-state index in [9.17, 15) is 15.0 Å². The summed E-state index contributed by atoms with van der Waals surface area (Å²) in [6.07, 6.45) is -0.160. The number of rotatable bonds is 5. The Bertz CT molecular complexity index is 823. The van der Waals surface area contributed by atoms with Gasteiger partial charge in [0.05, 0.1) is 25.6 Å². The Balaban J connectivity index is 1.67. The van der Waals surface area contributed by atoms with E-state index in [1.54, 1.807) is 4.57 Å². The van der Waals surface area contributed by atoms with Crippen molar-refractivity contribution in [1.29, 1.82) is 0 Å². The maximum atomic E-state index is 11.4. The van der Waals surface area contributed by atoms with Crippen molar-refractivity contribution in [2.45, 2.75) is 43.9 Å². The molecule has 0 aliphatic carbocycles. The SMILES string of the molecule is CC(=O)O[C@@H]1[C@H](O)[C@@H](CO)O[C@H]1n1cnc2c(N[C@@H]3CCOC3)ncnc21. The standard InChI is InChI=1S/C16H21N5O6/c1-8(23)26-13-12(24)10(4-22)27-16(13)21-7-19-11-14(17-6-18-15(11)21)20-9-2-3-25-5-9/h6-7,9-10,12-13,16,22,24H,2-5H2,1H3,(H,17,18,20)/t9-,10-,12-,13-,16-/m1/s1. The molecule has 0 amide bonds. The number of aliphatic hydroxyl groups excluding tert-OH is 2. The molecule has 0 unspecified atom stereocenters. The van der Waals surface area contributed by atoms with Crippen molar-refractivity contribution in [3.63, 3.8) is 0 Å². The molecular formula is C16H21N5O6. The van der Waals surface area contributed by atoms with Crippen LogP contribution in [0.1, 0.15) is 19.6 Å². The minimum atomic E-state index is -1.17. The van der Waals surface area contributed by atoms with Crippen LogP contribution in [0.15, 0.2) is 12.7 Å². The maximum Gasteiger partial charge on any atom is 0.303 e. The number of anilines is 1. The van der Waals surface area contributed by atoms with E-state index in [0.29, 0.717) is 30.2 Å². The molecule has 4 rings (SSSR count). The molecule has 0 radical (unpaired) electrons. The van der Waals surface area contributed by atoms with Gasteiger partial charge in [0.2, 0.25) is 0 Å². The molecule has 0 spiro atoms. The first-order chi connectivity index (χ1) is 13.1. The van der Waals surface area contributed by atoms with E-state index in [4.69, 9.17) is 14.2 Å². The van der Waals surface area contributed by atoms with Gasteiger partial charge >= 0.3 is 5.97 Å². The van der Waals surface area contributed by atoms with Gasteiger partial charge in [-0.25, -0.2) is 15.0 Å². The molecule has 2 aromatic rings. The van der Waals surface area contributed by atoms with E-state index in [0.717, 1.165) is 6.42 Å². The third kappa shape index (κ3) is 3.34. The lowest BCUT2D eigenvalue weighted by molar-refractivity contribution is -0.155. The summed E-state index contributed by atoms with van der Waals surface area (Å²) in [6, 6.07) is 0.144. The summed E-state index contributed by atoms with van der Waals surface area (Å²) < 4.78 is 17.9. The van der Waals surface area contributed by atoms with Gasteiger partial charge in [0.15, 0.2) is 29.3 Å². The summed E-state index contributed by atoms with van der Waals surface area (Å²) in [7, 11) is 0. The Morgan fingerprint density at radius 3 is 3.00 bits per heavy atom. The van der Waals surface area contributed by atoms with Crippen molar-refractivity contribution in [3.05, 3.63) is 12.7 Å². The smallest absolute Gasteiger partial charge is 0.303 e. The summed E-state index contributed by atoms with van der Waals surface area (Å²) in [6.45, 7) is 2.12. The minimum absolute atomic E-state index is 0.144. The molecule has 0 saturated carbocycles. The molecule has 27 heavy (non-hydrogen) atoms. The average Bonchev–Trinajstić information content (AvgIpc) is 3.36. The van der Waals surface area contributed by atoms with Gasteiger partial charge < -0.3 is 29.7 Å². The van der Waals surface area contributed by atoms with Crippen LogP contribution in [0.3, 0.4) is 0 Å². The largest absolute Gasteiger partial charge is 0.455 e. The van der Waals surface area contributed by atoms with E-state index in [1.807, 2.05) is 0 Å². The molecule has 11 heteroatoms. The third-order valence-corrected chi connectivity index (χ3v) is 4.70. The third-order valence-electron chi connectivity index (χ3n) is 4.70. The average molecular weight is 379 g/mol. The van der Waals surface area contributed by atoms with Gasteiger partial charge in [-0.15, -0.1) is 0 Å². The van der Waals surface area contributed by atoms with Crippen molar-refractivity contribution < 1.29 is 29.2 Å². The molecule has 0 bridgehead atoms. The van der Waals surface area contributed by atoms with Gasteiger partial charge in [-0.1, -0.05) is 0 Å². The highest BCUT2D eigenvalue weighted by molar-refractivity contribution is 5.82. The van der Waals surface area contributed by atoms with Gasteiger partial charge in [-0.05, 0) is 6.42 Å². The second-order valence-corrected chi connectivity index (χ2v) is 6.56. The van der Waals surface area contributed by atoms with Crippen molar-refractivity contribution in [2.24, 2.45) is 0 Å². The lowest BCUT2D eigenvalue weighted by Gasteiger charge is -2.21. The van der Waals surface area contributed by atoms with E-state index in [1.165, 1.54) is 19.6 Å². The van der Waals surface area contributed by atoms with Crippen LogP contribution in [0.5, 0.6) is 0 Å². The fourth-order valence-electron chi connectivity index (χ4n) is 3.40. The van der Waals surface area contributed by atoms with Crippen LogP contribution in [0.4, 0.5) is 5.82 Å². The van der Waals surface area contributed by atoms with Crippen molar-refractivity contribution >= 4 is 23.0 Å². The van der Waals surface area contributed by atoms with Crippen LogP contribution in [0.25, 0.3) is 11.2 Å². The number of hydrogen-bond donors (Lipinski definition) is 3. The molecule has 146 valence electrons. The zero-order valence-corrected chi connectivity index (χ0v) is 14.7. The van der Waals surface area contributed by atoms with Gasteiger partial charge in [0.1, 0.15) is 18.5 Å².